The molecular formula is C8H22ClNO2. The van der Waals surface area contributed by atoms with Crippen molar-refractivity contribution in [2.45, 2.75) is 13.3 Å². The summed E-state index contributed by atoms with van der Waals surface area (Å²) in [7, 11) is 6.36. The van der Waals surface area contributed by atoms with Crippen LogP contribution in [0.1, 0.15) is 13.3 Å². The molecule has 0 unspecified atom stereocenters. The van der Waals surface area contributed by atoms with Crippen LogP contribution in [0.3, 0.4) is 0 Å². The standard InChI is InChI=1S/C6H16NO.C2H6O.ClH/c1-7(2,3)5-4-6-8;1-2-3;/h8H,4-6H2,1-3H3;3H,2H2,1H3;1H/q+1;;/p-1. The summed E-state index contributed by atoms with van der Waals surface area (Å²) in [6.07, 6.45) is 0.906. The molecule has 3 nitrogen and oxygen atoms in total. The van der Waals surface area contributed by atoms with E-state index in [2.05, 4.69) is 21.1 Å². The number of aliphatic hydroxyl groups excluding tert-OH is 2. The van der Waals surface area contributed by atoms with Gasteiger partial charge in [0, 0.05) is 19.6 Å². The fraction of sp³-hybridized carbons (Fsp3) is 1.00. The van der Waals surface area contributed by atoms with Gasteiger partial charge in [0.25, 0.3) is 0 Å². The van der Waals surface area contributed by atoms with Crippen LogP contribution in [0.2, 0.25) is 0 Å². The third kappa shape index (κ3) is 32.0. The Morgan fingerprint density at radius 1 is 1.08 bits per heavy atom. The second-order valence-electron chi connectivity index (χ2n) is 3.41. The lowest BCUT2D eigenvalue weighted by Gasteiger charge is -2.22. The Hall–Kier alpha value is 0.170. The Labute approximate surface area is 82.0 Å². The van der Waals surface area contributed by atoms with Crippen LogP contribution in [0.15, 0.2) is 0 Å². The predicted molar refractivity (Wildman–Crippen MR) is 47.4 cm³/mol. The summed E-state index contributed by atoms with van der Waals surface area (Å²) in [6, 6.07) is 0. The van der Waals surface area contributed by atoms with E-state index in [1.165, 1.54) is 0 Å². The summed E-state index contributed by atoms with van der Waals surface area (Å²) in [5, 5.41) is 16.0. The highest BCUT2D eigenvalue weighted by atomic mass is 35.5. The van der Waals surface area contributed by atoms with Crippen molar-refractivity contribution in [2.75, 3.05) is 40.9 Å². The number of rotatable bonds is 3. The van der Waals surface area contributed by atoms with Crippen LogP contribution >= 0.6 is 0 Å². The Morgan fingerprint density at radius 3 is 1.50 bits per heavy atom. The summed E-state index contributed by atoms with van der Waals surface area (Å²) >= 11 is 0. The van der Waals surface area contributed by atoms with Crippen LogP contribution in [-0.2, 0) is 0 Å². The molecule has 0 fully saturated rings. The highest BCUT2D eigenvalue weighted by molar-refractivity contribution is 4.28. The molecule has 0 amide bonds. The van der Waals surface area contributed by atoms with Gasteiger partial charge in [0.2, 0.25) is 0 Å². The third-order valence-electron chi connectivity index (χ3n) is 0.987. The number of nitrogens with zero attached hydrogens (tertiary/aromatic N) is 1. The van der Waals surface area contributed by atoms with E-state index in [4.69, 9.17) is 10.2 Å². The van der Waals surface area contributed by atoms with E-state index in [1.54, 1.807) is 6.92 Å². The zero-order chi connectivity index (χ0) is 9.33. The van der Waals surface area contributed by atoms with Crippen molar-refractivity contribution in [1.29, 1.82) is 0 Å². The second-order valence-corrected chi connectivity index (χ2v) is 3.41. The van der Waals surface area contributed by atoms with Crippen molar-refractivity contribution in [2.24, 2.45) is 0 Å². The van der Waals surface area contributed by atoms with E-state index >= 15 is 0 Å². The molecule has 0 aromatic carbocycles. The van der Waals surface area contributed by atoms with Crippen LogP contribution in [0, 0.1) is 0 Å². The van der Waals surface area contributed by atoms with Gasteiger partial charge in [0.15, 0.2) is 0 Å². The highest BCUT2D eigenvalue weighted by Gasteiger charge is 2.03. The average Bonchev–Trinajstić information content (AvgIpc) is 1.84. The molecule has 0 rings (SSSR count). The minimum atomic E-state index is 0. The SMILES string of the molecule is CCO.C[N+](C)(C)CCCO.[Cl-]. The van der Waals surface area contributed by atoms with Crippen molar-refractivity contribution in [1.82, 2.24) is 0 Å². The van der Waals surface area contributed by atoms with Crippen molar-refractivity contribution in [3.05, 3.63) is 0 Å². The fourth-order valence-corrected chi connectivity index (χ4v) is 0.545. The van der Waals surface area contributed by atoms with Gasteiger partial charge in [-0.15, -0.1) is 0 Å². The average molecular weight is 200 g/mol. The molecule has 0 bridgehead atoms. The van der Waals surface area contributed by atoms with E-state index in [9.17, 15) is 0 Å². The normalized spacial score (nSPS) is 9.50. The van der Waals surface area contributed by atoms with Gasteiger partial charge < -0.3 is 27.1 Å². The molecule has 0 aliphatic rings. The number of halogens is 1. The van der Waals surface area contributed by atoms with E-state index in [0.29, 0.717) is 6.61 Å². The van der Waals surface area contributed by atoms with Gasteiger partial charge in [-0.25, -0.2) is 0 Å². The molecule has 0 aromatic rings. The van der Waals surface area contributed by atoms with Crippen molar-refractivity contribution < 1.29 is 27.1 Å². The lowest BCUT2D eigenvalue weighted by molar-refractivity contribution is -0.870. The van der Waals surface area contributed by atoms with Gasteiger partial charge >= 0.3 is 0 Å². The van der Waals surface area contributed by atoms with Crippen LogP contribution < -0.4 is 12.4 Å². The number of aliphatic hydroxyl groups is 2. The van der Waals surface area contributed by atoms with Gasteiger partial charge in [0.05, 0.1) is 27.7 Å². The first-order valence-corrected chi connectivity index (χ1v) is 4.00. The maximum atomic E-state index is 8.42. The minimum absolute atomic E-state index is 0. The molecule has 4 heteroatoms. The van der Waals surface area contributed by atoms with Crippen molar-refractivity contribution >= 4 is 0 Å². The van der Waals surface area contributed by atoms with Crippen molar-refractivity contribution in [3.63, 3.8) is 0 Å². The molecule has 0 aliphatic heterocycles. The summed E-state index contributed by atoms with van der Waals surface area (Å²) in [6.45, 7) is 3.30. The van der Waals surface area contributed by atoms with Crippen LogP contribution in [0.5, 0.6) is 0 Å². The summed E-state index contributed by atoms with van der Waals surface area (Å²) < 4.78 is 0.945. The lowest BCUT2D eigenvalue weighted by Crippen LogP contribution is -3.00. The lowest BCUT2D eigenvalue weighted by atomic mass is 10.4. The molecule has 0 heterocycles. The van der Waals surface area contributed by atoms with Crippen LogP contribution in [0.25, 0.3) is 0 Å². The zero-order valence-corrected chi connectivity index (χ0v) is 9.30. The number of hydrogen-bond donors (Lipinski definition) is 2. The Kier molecular flexibility index (Phi) is 16.8. The quantitative estimate of drug-likeness (QED) is 0.479. The van der Waals surface area contributed by atoms with Gasteiger partial charge in [-0.2, -0.15) is 0 Å². The molecular weight excluding hydrogens is 178 g/mol. The molecule has 0 saturated carbocycles. The Balaban J connectivity index is -0.000000177. The predicted octanol–water partition coefficient (Wildman–Crippen LogP) is -2.92. The maximum absolute atomic E-state index is 8.42. The zero-order valence-electron chi connectivity index (χ0n) is 8.55. The molecule has 0 saturated heterocycles. The molecule has 0 radical (unpaired) electrons. The summed E-state index contributed by atoms with van der Waals surface area (Å²) in [5.74, 6) is 0. The Morgan fingerprint density at radius 2 is 1.42 bits per heavy atom. The van der Waals surface area contributed by atoms with Gasteiger partial charge in [-0.05, 0) is 6.92 Å². The topological polar surface area (TPSA) is 40.5 Å². The first-order chi connectivity index (χ1) is 4.97. The molecule has 0 aromatic heterocycles. The monoisotopic (exact) mass is 199 g/mol. The molecule has 0 atom stereocenters. The van der Waals surface area contributed by atoms with Gasteiger partial charge in [0.1, 0.15) is 0 Å². The minimum Gasteiger partial charge on any atom is -1.00 e. The summed E-state index contributed by atoms with van der Waals surface area (Å²) in [4.78, 5) is 0. The first kappa shape index (κ1) is 18.1. The Bertz CT molecular complexity index is 73.9. The van der Waals surface area contributed by atoms with E-state index in [-0.39, 0.29) is 19.0 Å². The first-order valence-electron chi connectivity index (χ1n) is 4.00. The van der Waals surface area contributed by atoms with Crippen LogP contribution in [0.4, 0.5) is 0 Å². The molecule has 0 aliphatic carbocycles. The van der Waals surface area contributed by atoms with Gasteiger partial charge in [-0.3, -0.25) is 0 Å². The maximum Gasteiger partial charge on any atom is 0.0802 e. The third-order valence-corrected chi connectivity index (χ3v) is 0.987. The van der Waals surface area contributed by atoms with Gasteiger partial charge in [-0.1, -0.05) is 0 Å². The highest BCUT2D eigenvalue weighted by Crippen LogP contribution is 1.90. The molecule has 0 spiro atoms. The largest absolute Gasteiger partial charge is 1.00 e. The van der Waals surface area contributed by atoms with E-state index in [0.717, 1.165) is 17.4 Å². The molecule has 12 heavy (non-hydrogen) atoms. The molecule has 78 valence electrons. The summed E-state index contributed by atoms with van der Waals surface area (Å²) in [5.41, 5.74) is 0. The number of hydrogen-bond acceptors (Lipinski definition) is 2. The fourth-order valence-electron chi connectivity index (χ4n) is 0.545. The molecule has 2 N–H and O–H groups in total. The van der Waals surface area contributed by atoms with Crippen LogP contribution in [-0.4, -0.2) is 55.6 Å². The number of quaternary nitrogens is 1. The van der Waals surface area contributed by atoms with Crippen molar-refractivity contribution in [3.8, 4) is 0 Å². The smallest absolute Gasteiger partial charge is 0.0802 e. The van der Waals surface area contributed by atoms with E-state index in [1.807, 2.05) is 0 Å². The second kappa shape index (κ2) is 11.2. The van der Waals surface area contributed by atoms with E-state index < -0.39 is 0 Å².